The van der Waals surface area contributed by atoms with E-state index in [9.17, 15) is 22.8 Å². The summed E-state index contributed by atoms with van der Waals surface area (Å²) < 4.78 is 32.4. The van der Waals surface area contributed by atoms with Gasteiger partial charge < -0.3 is 10.1 Å². The van der Waals surface area contributed by atoms with Crippen LogP contribution in [0.25, 0.3) is 0 Å². The number of sulfonamides is 1. The molecule has 3 amide bonds. The molecule has 0 radical (unpaired) electrons. The number of carbonyl (C=O) groups is 3. The van der Waals surface area contributed by atoms with Crippen molar-refractivity contribution < 1.29 is 27.5 Å². The van der Waals surface area contributed by atoms with Crippen LogP contribution in [0.2, 0.25) is 0 Å². The molecule has 0 saturated carbocycles. The number of rotatable bonds is 7. The van der Waals surface area contributed by atoms with Crippen LogP contribution < -0.4 is 5.32 Å². The third kappa shape index (κ3) is 4.91. The highest BCUT2D eigenvalue weighted by atomic mass is 32.2. The Kier molecular flexibility index (Phi) is 6.88. The molecular weight excluding hydrogens is 494 g/mol. The Hall–Kier alpha value is -3.86. The molecule has 9 nitrogen and oxygen atoms in total. The number of amides is 3. The quantitative estimate of drug-likeness (QED) is 0.480. The molecule has 2 heterocycles. The fraction of sp³-hybridized carbons (Fsp3) is 0.222. The van der Waals surface area contributed by atoms with Gasteiger partial charge in [-0.1, -0.05) is 42.5 Å². The molecule has 0 aliphatic carbocycles. The Morgan fingerprint density at radius 1 is 0.838 bits per heavy atom. The van der Waals surface area contributed by atoms with Gasteiger partial charge in [0.15, 0.2) is 0 Å². The molecule has 1 atom stereocenters. The van der Waals surface area contributed by atoms with E-state index in [2.05, 4.69) is 5.32 Å². The lowest BCUT2D eigenvalue weighted by atomic mass is 10.0. The maximum absolute atomic E-state index is 13.5. The van der Waals surface area contributed by atoms with E-state index in [-0.39, 0.29) is 35.5 Å². The molecule has 3 aromatic carbocycles. The first-order valence-corrected chi connectivity index (χ1v) is 13.3. The Morgan fingerprint density at radius 2 is 1.41 bits per heavy atom. The summed E-state index contributed by atoms with van der Waals surface area (Å²) in [7, 11) is -3.68. The topological polar surface area (TPSA) is 113 Å². The standard InChI is InChI=1S/C27H25N3O6S/c31-25(28-20-10-12-21(13-11-20)37(34,35)29-14-16-36-17-15-29)24(18-19-6-2-1-3-7-19)30-26(32)22-8-4-5-9-23(22)27(30)33/h1-13,24H,14-18H2,(H,28,31)/t24-/m1/s1. The van der Waals surface area contributed by atoms with Gasteiger partial charge in [0.2, 0.25) is 15.9 Å². The SMILES string of the molecule is O=C(Nc1ccc(S(=O)(=O)N2CCOCC2)cc1)[C@@H](Cc1ccccc1)N1C(=O)c2ccccc2C1=O. The van der Waals surface area contributed by atoms with Crippen LogP contribution in [0.15, 0.2) is 83.8 Å². The third-order valence-electron chi connectivity index (χ3n) is 6.44. The number of benzene rings is 3. The zero-order valence-electron chi connectivity index (χ0n) is 19.9. The van der Waals surface area contributed by atoms with Crippen LogP contribution in [0.5, 0.6) is 0 Å². The number of fused-ring (bicyclic) bond motifs is 1. The van der Waals surface area contributed by atoms with E-state index in [4.69, 9.17) is 4.74 Å². The van der Waals surface area contributed by atoms with Gasteiger partial charge in [0.1, 0.15) is 6.04 Å². The molecule has 0 spiro atoms. The molecule has 1 N–H and O–H groups in total. The zero-order chi connectivity index (χ0) is 26.0. The predicted molar refractivity (Wildman–Crippen MR) is 136 cm³/mol. The summed E-state index contributed by atoms with van der Waals surface area (Å²) in [4.78, 5) is 40.9. The number of hydrogen-bond acceptors (Lipinski definition) is 6. The average Bonchev–Trinajstić information content (AvgIpc) is 3.18. The molecular formula is C27H25N3O6S. The molecule has 3 aromatic rings. The summed E-state index contributed by atoms with van der Waals surface area (Å²) in [6.45, 7) is 1.24. The van der Waals surface area contributed by atoms with Crippen molar-refractivity contribution in [1.29, 1.82) is 0 Å². The van der Waals surface area contributed by atoms with Crippen molar-refractivity contribution in [2.45, 2.75) is 17.4 Å². The second kappa shape index (κ2) is 10.3. The zero-order valence-corrected chi connectivity index (χ0v) is 20.7. The predicted octanol–water partition coefficient (Wildman–Crippen LogP) is 2.55. The molecule has 37 heavy (non-hydrogen) atoms. The first kappa shape index (κ1) is 24.8. The maximum Gasteiger partial charge on any atom is 0.262 e. The van der Waals surface area contributed by atoms with E-state index in [1.165, 1.54) is 28.6 Å². The molecule has 1 fully saturated rings. The molecule has 10 heteroatoms. The monoisotopic (exact) mass is 519 g/mol. The minimum absolute atomic E-state index is 0.105. The molecule has 190 valence electrons. The van der Waals surface area contributed by atoms with E-state index in [1.807, 2.05) is 30.3 Å². The van der Waals surface area contributed by atoms with E-state index >= 15 is 0 Å². The van der Waals surface area contributed by atoms with Crippen molar-refractivity contribution in [1.82, 2.24) is 9.21 Å². The van der Waals surface area contributed by atoms with Crippen LogP contribution in [-0.4, -0.2) is 67.7 Å². The van der Waals surface area contributed by atoms with Crippen molar-refractivity contribution in [3.05, 3.63) is 95.6 Å². The lowest BCUT2D eigenvalue weighted by molar-refractivity contribution is -0.119. The minimum atomic E-state index is -3.68. The molecule has 1 saturated heterocycles. The van der Waals surface area contributed by atoms with Gasteiger partial charge in [0.25, 0.3) is 11.8 Å². The minimum Gasteiger partial charge on any atom is -0.379 e. The number of nitrogens with one attached hydrogen (secondary N) is 1. The second-order valence-corrected chi connectivity index (χ2v) is 10.7. The van der Waals surface area contributed by atoms with Gasteiger partial charge in [0.05, 0.1) is 29.2 Å². The highest BCUT2D eigenvalue weighted by molar-refractivity contribution is 7.89. The first-order valence-electron chi connectivity index (χ1n) is 11.9. The van der Waals surface area contributed by atoms with E-state index < -0.39 is 33.8 Å². The number of anilines is 1. The number of ether oxygens (including phenoxy) is 1. The largest absolute Gasteiger partial charge is 0.379 e. The van der Waals surface area contributed by atoms with Crippen molar-refractivity contribution in [2.24, 2.45) is 0 Å². The van der Waals surface area contributed by atoms with Crippen molar-refractivity contribution in [2.75, 3.05) is 31.6 Å². The fourth-order valence-corrected chi connectivity index (χ4v) is 5.91. The van der Waals surface area contributed by atoms with Gasteiger partial charge in [-0.15, -0.1) is 0 Å². The lowest BCUT2D eigenvalue weighted by Gasteiger charge is -2.26. The Bertz CT molecular complexity index is 1400. The second-order valence-electron chi connectivity index (χ2n) is 8.76. The molecule has 0 unspecified atom stereocenters. The smallest absolute Gasteiger partial charge is 0.262 e. The summed E-state index contributed by atoms with van der Waals surface area (Å²) in [6, 6.07) is 20.3. The summed E-state index contributed by atoms with van der Waals surface area (Å²) >= 11 is 0. The Labute approximate surface area is 214 Å². The highest BCUT2D eigenvalue weighted by Gasteiger charge is 2.42. The van der Waals surface area contributed by atoms with Crippen LogP contribution in [0.1, 0.15) is 26.3 Å². The first-order chi connectivity index (χ1) is 17.9. The summed E-state index contributed by atoms with van der Waals surface area (Å²) in [5, 5.41) is 2.75. The van der Waals surface area contributed by atoms with Gasteiger partial charge in [-0.25, -0.2) is 8.42 Å². The summed E-state index contributed by atoms with van der Waals surface area (Å²) in [6.07, 6.45) is 0.127. The number of nitrogens with zero attached hydrogens (tertiary/aromatic N) is 2. The number of morpholine rings is 1. The van der Waals surface area contributed by atoms with E-state index in [0.29, 0.717) is 18.9 Å². The average molecular weight is 520 g/mol. The van der Waals surface area contributed by atoms with Gasteiger partial charge >= 0.3 is 0 Å². The van der Waals surface area contributed by atoms with Crippen molar-refractivity contribution in [3.8, 4) is 0 Å². The Balaban J connectivity index is 1.39. The number of hydrogen-bond donors (Lipinski definition) is 1. The van der Waals surface area contributed by atoms with Gasteiger partial charge in [-0.05, 0) is 42.0 Å². The molecule has 0 bridgehead atoms. The van der Waals surface area contributed by atoms with Crippen LogP contribution in [0, 0.1) is 0 Å². The van der Waals surface area contributed by atoms with Crippen LogP contribution in [0.3, 0.4) is 0 Å². The Morgan fingerprint density at radius 3 is 2.00 bits per heavy atom. The summed E-state index contributed by atoms with van der Waals surface area (Å²) in [5.41, 5.74) is 1.65. The third-order valence-corrected chi connectivity index (χ3v) is 8.35. The highest BCUT2D eigenvalue weighted by Crippen LogP contribution is 2.27. The normalized spacial score (nSPS) is 16.9. The fourth-order valence-electron chi connectivity index (χ4n) is 4.50. The van der Waals surface area contributed by atoms with E-state index in [1.54, 1.807) is 24.3 Å². The molecule has 0 aromatic heterocycles. The lowest BCUT2D eigenvalue weighted by Crippen LogP contribution is -2.48. The summed E-state index contributed by atoms with van der Waals surface area (Å²) in [5.74, 6) is -1.60. The molecule has 5 rings (SSSR count). The van der Waals surface area contributed by atoms with Crippen LogP contribution in [-0.2, 0) is 26.0 Å². The van der Waals surface area contributed by atoms with Crippen molar-refractivity contribution >= 4 is 33.4 Å². The molecule has 2 aliphatic rings. The van der Waals surface area contributed by atoms with Gasteiger partial charge in [-0.3, -0.25) is 19.3 Å². The van der Waals surface area contributed by atoms with Crippen molar-refractivity contribution in [3.63, 3.8) is 0 Å². The van der Waals surface area contributed by atoms with E-state index in [0.717, 1.165) is 10.5 Å². The number of imide groups is 1. The van der Waals surface area contributed by atoms with Gasteiger partial charge in [-0.2, -0.15) is 4.31 Å². The maximum atomic E-state index is 13.5. The van der Waals surface area contributed by atoms with Crippen LogP contribution in [0.4, 0.5) is 5.69 Å². The number of carbonyl (C=O) groups excluding carboxylic acids is 3. The van der Waals surface area contributed by atoms with Gasteiger partial charge in [0, 0.05) is 25.2 Å². The van der Waals surface area contributed by atoms with Crippen LogP contribution >= 0.6 is 0 Å². The molecule has 2 aliphatic heterocycles.